The highest BCUT2D eigenvalue weighted by atomic mass is 32.1. The highest BCUT2D eigenvalue weighted by molar-refractivity contribution is 7.14. The van der Waals surface area contributed by atoms with Crippen molar-refractivity contribution in [1.82, 2.24) is 15.4 Å². The lowest BCUT2D eigenvalue weighted by molar-refractivity contribution is -0.118. The van der Waals surface area contributed by atoms with Crippen LogP contribution in [0.1, 0.15) is 11.1 Å². The fraction of sp³-hybridized carbons (Fsp3) is 0.0909. The number of hydrogen-bond acceptors (Lipinski definition) is 8. The van der Waals surface area contributed by atoms with E-state index >= 15 is 0 Å². The Morgan fingerprint density at radius 3 is 2.55 bits per heavy atom. The Hall–Kier alpha value is -3.40. The molecule has 0 spiro atoms. The third-order valence-corrected chi connectivity index (χ3v) is 6.29. The smallest absolute Gasteiger partial charge is 0.274 e. The van der Waals surface area contributed by atoms with Gasteiger partial charge in [-0.05, 0) is 6.92 Å². The van der Waals surface area contributed by atoms with E-state index in [0.29, 0.717) is 16.0 Å². The summed E-state index contributed by atoms with van der Waals surface area (Å²) in [6, 6.07) is 17.1. The van der Waals surface area contributed by atoms with E-state index in [1.54, 1.807) is 6.20 Å². The molecule has 3 heterocycles. The second kappa shape index (κ2) is 8.38. The second-order valence-electron chi connectivity index (χ2n) is 6.92. The van der Waals surface area contributed by atoms with Crippen molar-refractivity contribution in [1.29, 1.82) is 0 Å². The van der Waals surface area contributed by atoms with E-state index in [9.17, 15) is 4.79 Å². The van der Waals surface area contributed by atoms with Crippen LogP contribution in [0.2, 0.25) is 0 Å². The highest BCUT2D eigenvalue weighted by Gasteiger charge is 2.39. The number of carbonyl (C=O) groups excluding carboxylic acids is 1. The molecule has 154 valence electrons. The molecule has 7 nitrogen and oxygen atoms in total. The first kappa shape index (κ1) is 19.6. The van der Waals surface area contributed by atoms with E-state index in [1.165, 1.54) is 33.2 Å². The summed E-state index contributed by atoms with van der Waals surface area (Å²) < 4.78 is 0. The molecule has 1 unspecified atom stereocenters. The quantitative estimate of drug-likeness (QED) is 0.431. The van der Waals surface area contributed by atoms with Crippen molar-refractivity contribution in [2.24, 2.45) is 5.10 Å². The minimum atomic E-state index is -0.668. The number of aromatic nitrogens is 2. The molecule has 4 aromatic rings. The molecule has 1 aliphatic heterocycles. The Bertz CT molecular complexity index is 1220. The van der Waals surface area contributed by atoms with Gasteiger partial charge >= 0.3 is 0 Å². The van der Waals surface area contributed by atoms with Crippen LogP contribution in [0.15, 0.2) is 76.7 Å². The Kier molecular flexibility index (Phi) is 5.29. The summed E-state index contributed by atoms with van der Waals surface area (Å²) in [5.41, 5.74) is 10.6. The van der Waals surface area contributed by atoms with Gasteiger partial charge in [0.1, 0.15) is 0 Å². The number of benzene rings is 2. The van der Waals surface area contributed by atoms with E-state index in [0.717, 1.165) is 16.8 Å². The number of anilines is 2. The van der Waals surface area contributed by atoms with Crippen molar-refractivity contribution in [2.75, 3.05) is 10.4 Å². The number of amides is 1. The van der Waals surface area contributed by atoms with Gasteiger partial charge in [-0.15, -0.1) is 22.7 Å². The van der Waals surface area contributed by atoms with Gasteiger partial charge in [0.15, 0.2) is 11.2 Å². The third-order valence-electron chi connectivity index (χ3n) is 4.78. The van der Waals surface area contributed by atoms with E-state index in [4.69, 9.17) is 0 Å². The first-order chi connectivity index (χ1) is 15.2. The number of hydrazine groups is 1. The molecule has 2 aromatic heterocycles. The van der Waals surface area contributed by atoms with Crippen LogP contribution in [0.25, 0.3) is 11.3 Å². The number of aryl methyl sites for hydroxylation is 1. The topological polar surface area (TPSA) is 82.5 Å². The average molecular weight is 447 g/mol. The van der Waals surface area contributed by atoms with Crippen LogP contribution < -0.4 is 15.9 Å². The molecule has 0 aliphatic carbocycles. The molecule has 2 aromatic carbocycles. The fourth-order valence-corrected chi connectivity index (χ4v) is 4.47. The minimum Gasteiger partial charge on any atom is -0.296 e. The van der Waals surface area contributed by atoms with Gasteiger partial charge in [0.25, 0.3) is 5.91 Å². The number of hydrazone groups is 1. The lowest BCUT2D eigenvalue weighted by atomic mass is 10.0. The maximum Gasteiger partial charge on any atom is 0.274 e. The normalized spacial score (nSPS) is 15.9. The molecule has 1 atom stereocenters. The molecule has 31 heavy (non-hydrogen) atoms. The Balaban J connectivity index is 1.45. The molecular formula is C22H18N6OS2. The molecule has 5 rings (SSSR count). The minimum absolute atomic E-state index is 0.201. The van der Waals surface area contributed by atoms with Crippen molar-refractivity contribution in [3.63, 3.8) is 0 Å². The fourth-order valence-electron chi connectivity index (χ4n) is 3.19. The zero-order valence-corrected chi connectivity index (χ0v) is 18.2. The molecule has 0 bridgehead atoms. The Labute approximate surface area is 187 Å². The largest absolute Gasteiger partial charge is 0.296 e. The van der Waals surface area contributed by atoms with Gasteiger partial charge in [-0.25, -0.2) is 15.4 Å². The second-order valence-corrected chi connectivity index (χ2v) is 8.65. The van der Waals surface area contributed by atoms with Crippen LogP contribution >= 0.6 is 22.7 Å². The van der Waals surface area contributed by atoms with Gasteiger partial charge < -0.3 is 0 Å². The molecular weight excluding hydrogens is 428 g/mol. The van der Waals surface area contributed by atoms with Crippen molar-refractivity contribution >= 4 is 44.6 Å². The van der Waals surface area contributed by atoms with Crippen LogP contribution in [-0.2, 0) is 4.79 Å². The standard InChI is InChI=1S/C22H18N6OS2/c1-14-7-9-15(10-8-14)17-13-31-22(24-17)28-20(29)19(25-26-21-23-11-12-30-21)18(27-28)16-5-3-2-4-6-16/h2-13,19,25H,1H3,(H,23,26). The van der Waals surface area contributed by atoms with Crippen molar-refractivity contribution < 1.29 is 4.79 Å². The SMILES string of the molecule is Cc1ccc(-c2csc(N3N=C(c4ccccc4)C(NNc4nccs4)C3=O)n2)cc1. The van der Waals surface area contributed by atoms with E-state index in [2.05, 4.69) is 25.9 Å². The summed E-state index contributed by atoms with van der Waals surface area (Å²) in [7, 11) is 0. The summed E-state index contributed by atoms with van der Waals surface area (Å²) in [5, 5.41) is 11.0. The third kappa shape index (κ3) is 3.98. The predicted molar refractivity (Wildman–Crippen MR) is 125 cm³/mol. The molecule has 1 aliphatic rings. The number of nitrogens with one attached hydrogen (secondary N) is 2. The van der Waals surface area contributed by atoms with Crippen LogP contribution in [0.4, 0.5) is 10.3 Å². The average Bonchev–Trinajstić information content (AvgIpc) is 3.54. The van der Waals surface area contributed by atoms with E-state index in [1.807, 2.05) is 72.3 Å². The lowest BCUT2D eigenvalue weighted by Crippen LogP contribution is -2.46. The number of carbonyl (C=O) groups is 1. The van der Waals surface area contributed by atoms with Crippen LogP contribution in [-0.4, -0.2) is 27.6 Å². The Morgan fingerprint density at radius 1 is 1.00 bits per heavy atom. The van der Waals surface area contributed by atoms with Crippen molar-refractivity contribution in [2.45, 2.75) is 13.0 Å². The van der Waals surface area contributed by atoms with Crippen LogP contribution in [0.5, 0.6) is 0 Å². The summed E-state index contributed by atoms with van der Waals surface area (Å²) in [5.74, 6) is -0.201. The van der Waals surface area contributed by atoms with Gasteiger partial charge in [0.05, 0.1) is 11.4 Å². The summed E-state index contributed by atoms with van der Waals surface area (Å²) in [4.78, 5) is 22.2. The van der Waals surface area contributed by atoms with Crippen LogP contribution in [0, 0.1) is 6.92 Å². The summed E-state index contributed by atoms with van der Waals surface area (Å²) >= 11 is 2.84. The number of rotatable bonds is 6. The molecule has 2 N–H and O–H groups in total. The van der Waals surface area contributed by atoms with Gasteiger partial charge in [-0.3, -0.25) is 10.2 Å². The summed E-state index contributed by atoms with van der Waals surface area (Å²) in [6.07, 6.45) is 1.70. The first-order valence-corrected chi connectivity index (χ1v) is 11.4. The monoisotopic (exact) mass is 446 g/mol. The number of hydrogen-bond donors (Lipinski definition) is 2. The van der Waals surface area contributed by atoms with Crippen LogP contribution in [0.3, 0.4) is 0 Å². The number of nitrogens with zero attached hydrogens (tertiary/aromatic N) is 4. The van der Waals surface area contributed by atoms with E-state index in [-0.39, 0.29) is 5.91 Å². The Morgan fingerprint density at radius 2 is 1.81 bits per heavy atom. The zero-order valence-electron chi connectivity index (χ0n) is 16.5. The number of thiazole rings is 2. The zero-order chi connectivity index (χ0) is 21.2. The lowest BCUT2D eigenvalue weighted by Gasteiger charge is -2.14. The van der Waals surface area contributed by atoms with Crippen molar-refractivity contribution in [3.05, 3.63) is 82.7 Å². The first-order valence-electron chi connectivity index (χ1n) is 9.60. The molecule has 0 radical (unpaired) electrons. The van der Waals surface area contributed by atoms with Crippen molar-refractivity contribution in [3.8, 4) is 11.3 Å². The molecule has 0 saturated carbocycles. The van der Waals surface area contributed by atoms with Gasteiger partial charge in [-0.2, -0.15) is 10.1 Å². The highest BCUT2D eigenvalue weighted by Crippen LogP contribution is 2.31. The molecule has 0 saturated heterocycles. The maximum absolute atomic E-state index is 13.3. The van der Waals surface area contributed by atoms with E-state index < -0.39 is 6.04 Å². The van der Waals surface area contributed by atoms with Gasteiger partial charge in [-0.1, -0.05) is 60.2 Å². The molecule has 1 amide bonds. The molecule has 0 fully saturated rings. The van der Waals surface area contributed by atoms with Gasteiger partial charge in [0.2, 0.25) is 5.13 Å². The maximum atomic E-state index is 13.3. The summed E-state index contributed by atoms with van der Waals surface area (Å²) in [6.45, 7) is 2.05. The molecule has 9 heteroatoms. The van der Waals surface area contributed by atoms with Gasteiger partial charge in [0, 0.05) is 28.1 Å². The predicted octanol–water partition coefficient (Wildman–Crippen LogP) is 4.31.